The minimum atomic E-state index is -0.468. The highest BCUT2D eigenvalue weighted by Crippen LogP contribution is 2.22. The monoisotopic (exact) mass is 264 g/mol. The molecule has 0 saturated heterocycles. The molecule has 1 aliphatic rings. The summed E-state index contributed by atoms with van der Waals surface area (Å²) in [4.78, 5) is 12.2. The predicted molar refractivity (Wildman–Crippen MR) is 73.1 cm³/mol. The summed E-state index contributed by atoms with van der Waals surface area (Å²) in [6, 6.07) is 4.78. The van der Waals surface area contributed by atoms with Crippen molar-refractivity contribution in [2.45, 2.75) is 37.8 Å². The van der Waals surface area contributed by atoms with Gasteiger partial charge in [-0.15, -0.1) is 0 Å². The highest BCUT2D eigenvalue weighted by atomic mass is 16.5. The zero-order chi connectivity index (χ0) is 13.8. The number of carbonyl (C=O) groups is 1. The zero-order valence-corrected chi connectivity index (χ0v) is 11.1. The molecule has 0 aliphatic heterocycles. The Balaban J connectivity index is 2.10. The van der Waals surface area contributed by atoms with Gasteiger partial charge < -0.3 is 20.9 Å². The van der Waals surface area contributed by atoms with Crippen LogP contribution in [0, 0.1) is 0 Å². The maximum absolute atomic E-state index is 12.2. The highest BCUT2D eigenvalue weighted by molar-refractivity contribution is 5.99. The largest absolute Gasteiger partial charge is 0.497 e. The van der Waals surface area contributed by atoms with Crippen LogP contribution in [0.4, 0.5) is 5.69 Å². The van der Waals surface area contributed by atoms with E-state index in [-0.39, 0.29) is 11.9 Å². The third-order valence-corrected chi connectivity index (χ3v) is 3.55. The molecule has 1 fully saturated rings. The number of rotatable bonds is 3. The van der Waals surface area contributed by atoms with Gasteiger partial charge in [-0.2, -0.15) is 0 Å². The van der Waals surface area contributed by atoms with E-state index in [1.807, 2.05) is 0 Å². The van der Waals surface area contributed by atoms with Crippen LogP contribution >= 0.6 is 0 Å². The van der Waals surface area contributed by atoms with Crippen LogP contribution in [0.3, 0.4) is 0 Å². The number of methoxy groups -OCH3 is 1. The van der Waals surface area contributed by atoms with Crippen LogP contribution in [-0.2, 0) is 0 Å². The fourth-order valence-corrected chi connectivity index (χ4v) is 2.38. The molecule has 5 heteroatoms. The van der Waals surface area contributed by atoms with Crippen molar-refractivity contribution in [3.05, 3.63) is 23.8 Å². The van der Waals surface area contributed by atoms with E-state index < -0.39 is 6.10 Å². The van der Waals surface area contributed by atoms with Gasteiger partial charge in [0.2, 0.25) is 0 Å². The number of aliphatic hydroxyl groups excluding tert-OH is 1. The number of anilines is 1. The first-order chi connectivity index (χ1) is 9.11. The van der Waals surface area contributed by atoms with Crippen molar-refractivity contribution in [1.82, 2.24) is 5.32 Å². The molecule has 5 nitrogen and oxygen atoms in total. The third-order valence-electron chi connectivity index (χ3n) is 3.55. The van der Waals surface area contributed by atoms with Gasteiger partial charge >= 0.3 is 0 Å². The smallest absolute Gasteiger partial charge is 0.253 e. The van der Waals surface area contributed by atoms with Crippen molar-refractivity contribution in [3.63, 3.8) is 0 Å². The second-order valence-electron chi connectivity index (χ2n) is 4.88. The lowest BCUT2D eigenvalue weighted by atomic mass is 9.92. The number of hydrogen-bond acceptors (Lipinski definition) is 4. The second kappa shape index (κ2) is 5.93. The standard InChI is InChI=1S/C14H20N2O3/c1-19-9-6-7-11(15)10(8-9)14(18)16-12-4-2-3-5-13(12)17/h6-8,12-13,17H,2-5,15H2,1H3,(H,16,18)/t12-,13-/m1/s1. The predicted octanol–water partition coefficient (Wildman–Crippen LogP) is 1.31. The van der Waals surface area contributed by atoms with Crippen molar-refractivity contribution in [2.24, 2.45) is 0 Å². The SMILES string of the molecule is COc1ccc(N)c(C(=O)N[C@@H]2CCCC[C@H]2O)c1. The molecule has 1 aromatic rings. The molecule has 19 heavy (non-hydrogen) atoms. The van der Waals surface area contributed by atoms with Gasteiger partial charge in [-0.05, 0) is 31.0 Å². The summed E-state index contributed by atoms with van der Waals surface area (Å²) < 4.78 is 5.09. The molecule has 1 saturated carbocycles. The first-order valence-electron chi connectivity index (χ1n) is 6.54. The molecule has 0 heterocycles. The number of nitrogens with one attached hydrogen (secondary N) is 1. The Morgan fingerprint density at radius 3 is 2.84 bits per heavy atom. The molecule has 0 unspecified atom stereocenters. The van der Waals surface area contributed by atoms with Gasteiger partial charge in [0.15, 0.2) is 0 Å². The summed E-state index contributed by atoms with van der Waals surface area (Å²) in [7, 11) is 1.54. The van der Waals surface area contributed by atoms with Crippen LogP contribution in [0.15, 0.2) is 18.2 Å². The molecule has 2 rings (SSSR count). The van der Waals surface area contributed by atoms with Gasteiger partial charge in [0.05, 0.1) is 24.8 Å². The van der Waals surface area contributed by atoms with Gasteiger partial charge in [0.25, 0.3) is 5.91 Å². The average Bonchev–Trinajstić information content (AvgIpc) is 2.42. The maximum atomic E-state index is 12.2. The van der Waals surface area contributed by atoms with Crippen LogP contribution in [0.25, 0.3) is 0 Å². The van der Waals surface area contributed by atoms with Crippen molar-refractivity contribution < 1.29 is 14.6 Å². The minimum absolute atomic E-state index is 0.188. The van der Waals surface area contributed by atoms with E-state index in [0.717, 1.165) is 25.7 Å². The Morgan fingerprint density at radius 1 is 1.42 bits per heavy atom. The van der Waals surface area contributed by atoms with E-state index in [1.54, 1.807) is 18.2 Å². The average molecular weight is 264 g/mol. The Morgan fingerprint density at radius 2 is 2.16 bits per heavy atom. The summed E-state index contributed by atoms with van der Waals surface area (Å²) >= 11 is 0. The number of amides is 1. The van der Waals surface area contributed by atoms with Gasteiger partial charge in [-0.1, -0.05) is 12.8 Å². The van der Waals surface area contributed by atoms with E-state index >= 15 is 0 Å². The fraction of sp³-hybridized carbons (Fsp3) is 0.500. The van der Waals surface area contributed by atoms with Crippen LogP contribution in [0.2, 0.25) is 0 Å². The molecule has 0 aromatic heterocycles. The summed E-state index contributed by atoms with van der Waals surface area (Å²) in [6.45, 7) is 0. The lowest BCUT2D eigenvalue weighted by Gasteiger charge is -2.28. The molecule has 1 aromatic carbocycles. The minimum Gasteiger partial charge on any atom is -0.497 e. The van der Waals surface area contributed by atoms with Crippen molar-refractivity contribution in [2.75, 3.05) is 12.8 Å². The van der Waals surface area contributed by atoms with Gasteiger partial charge in [0, 0.05) is 5.69 Å². The molecule has 104 valence electrons. The Kier molecular flexibility index (Phi) is 4.27. The number of aliphatic hydroxyl groups is 1. The molecule has 1 amide bonds. The van der Waals surface area contributed by atoms with E-state index in [9.17, 15) is 9.90 Å². The van der Waals surface area contributed by atoms with Crippen molar-refractivity contribution in [1.29, 1.82) is 0 Å². The number of ether oxygens (including phenoxy) is 1. The number of nitrogen functional groups attached to an aromatic ring is 1. The van der Waals surface area contributed by atoms with E-state index in [0.29, 0.717) is 17.0 Å². The Hall–Kier alpha value is -1.75. The Bertz CT molecular complexity index is 462. The number of benzene rings is 1. The first kappa shape index (κ1) is 13.7. The first-order valence-corrected chi connectivity index (χ1v) is 6.54. The van der Waals surface area contributed by atoms with E-state index in [2.05, 4.69) is 5.32 Å². The van der Waals surface area contributed by atoms with Crippen LogP contribution in [0.1, 0.15) is 36.0 Å². The van der Waals surface area contributed by atoms with E-state index in [4.69, 9.17) is 10.5 Å². The molecule has 0 bridgehead atoms. The topological polar surface area (TPSA) is 84.6 Å². The quantitative estimate of drug-likeness (QED) is 0.719. The number of nitrogens with two attached hydrogens (primary N) is 1. The molecule has 2 atom stereocenters. The molecule has 1 aliphatic carbocycles. The summed E-state index contributed by atoms with van der Waals surface area (Å²) in [5.41, 5.74) is 6.60. The lowest BCUT2D eigenvalue weighted by Crippen LogP contribution is -2.45. The lowest BCUT2D eigenvalue weighted by molar-refractivity contribution is 0.0717. The second-order valence-corrected chi connectivity index (χ2v) is 4.88. The van der Waals surface area contributed by atoms with Gasteiger partial charge in [-0.3, -0.25) is 4.79 Å². The maximum Gasteiger partial charge on any atom is 0.253 e. The molecule has 0 spiro atoms. The molecule has 4 N–H and O–H groups in total. The number of carbonyl (C=O) groups excluding carboxylic acids is 1. The number of hydrogen-bond donors (Lipinski definition) is 3. The Labute approximate surface area is 112 Å². The van der Waals surface area contributed by atoms with Crippen LogP contribution in [0.5, 0.6) is 5.75 Å². The summed E-state index contributed by atoms with van der Waals surface area (Å²) in [5, 5.41) is 12.7. The third kappa shape index (κ3) is 3.17. The highest BCUT2D eigenvalue weighted by Gasteiger charge is 2.25. The summed E-state index contributed by atoms with van der Waals surface area (Å²) in [5.74, 6) is 0.325. The van der Waals surface area contributed by atoms with Crippen molar-refractivity contribution >= 4 is 11.6 Å². The normalized spacial score (nSPS) is 22.8. The van der Waals surface area contributed by atoms with Gasteiger partial charge in [0.1, 0.15) is 5.75 Å². The molecular formula is C14H20N2O3. The van der Waals surface area contributed by atoms with E-state index in [1.165, 1.54) is 7.11 Å². The molecule has 0 radical (unpaired) electrons. The molecular weight excluding hydrogens is 244 g/mol. The zero-order valence-electron chi connectivity index (χ0n) is 11.1. The van der Waals surface area contributed by atoms with Gasteiger partial charge in [-0.25, -0.2) is 0 Å². The van der Waals surface area contributed by atoms with Crippen molar-refractivity contribution in [3.8, 4) is 5.75 Å². The van der Waals surface area contributed by atoms with Crippen LogP contribution in [-0.4, -0.2) is 30.3 Å². The fourth-order valence-electron chi connectivity index (χ4n) is 2.38. The summed E-state index contributed by atoms with van der Waals surface area (Å²) in [6.07, 6.45) is 3.10. The van der Waals surface area contributed by atoms with Crippen LogP contribution < -0.4 is 15.8 Å².